The molecule has 0 aliphatic carbocycles. The highest BCUT2D eigenvalue weighted by Crippen LogP contribution is 2.47. The summed E-state index contributed by atoms with van der Waals surface area (Å²) in [5.74, 6) is 0. The summed E-state index contributed by atoms with van der Waals surface area (Å²) in [5, 5.41) is 2.92. The number of anilines is 9. The van der Waals surface area contributed by atoms with E-state index in [-0.39, 0.29) is 6.71 Å². The molecule has 0 bridgehead atoms. The van der Waals surface area contributed by atoms with Crippen molar-refractivity contribution in [2.75, 3.05) is 14.7 Å². The van der Waals surface area contributed by atoms with E-state index in [0.717, 1.165) is 28.4 Å². The van der Waals surface area contributed by atoms with Crippen LogP contribution in [0.1, 0.15) is 0 Å². The zero-order valence-corrected chi connectivity index (χ0v) is 34.1. The standard InChI is InChI=1S/C48H46BN3Si2/c1-53(2,3)40-29-25-37(26-30-40)50(38-27-31-41(32-28-38)54(4,5)6)39-33-46-48-47(34-39)52(36-19-11-8-12-20-36)45-24-16-14-22-43(45)49(48)42-21-13-15-23-44(42)51(46)35-17-9-7-10-18-35/h7-34H,1-6H3. The number of nitrogens with zero attached hydrogens (tertiary/aromatic N) is 3. The van der Waals surface area contributed by atoms with Crippen LogP contribution in [0.15, 0.2) is 170 Å². The minimum atomic E-state index is -1.50. The monoisotopic (exact) mass is 731 g/mol. The zero-order chi connectivity index (χ0) is 37.2. The summed E-state index contributed by atoms with van der Waals surface area (Å²) in [6, 6.07) is 63.5. The molecule has 0 saturated carbocycles. The third kappa shape index (κ3) is 5.81. The minimum absolute atomic E-state index is 0.0804. The Morgan fingerprint density at radius 2 is 0.759 bits per heavy atom. The maximum absolute atomic E-state index is 2.49. The van der Waals surface area contributed by atoms with Gasteiger partial charge in [-0.25, -0.2) is 0 Å². The number of fused-ring (bicyclic) bond motifs is 4. The van der Waals surface area contributed by atoms with Crippen molar-refractivity contribution in [2.24, 2.45) is 0 Å². The summed E-state index contributed by atoms with van der Waals surface area (Å²) in [6.07, 6.45) is 0. The van der Waals surface area contributed by atoms with E-state index < -0.39 is 16.1 Å². The Morgan fingerprint density at radius 1 is 0.389 bits per heavy atom. The Kier molecular flexibility index (Phi) is 8.29. The first-order chi connectivity index (χ1) is 26.1. The first kappa shape index (κ1) is 34.2. The van der Waals surface area contributed by atoms with Crippen molar-refractivity contribution in [2.45, 2.75) is 39.3 Å². The van der Waals surface area contributed by atoms with E-state index in [4.69, 9.17) is 0 Å². The van der Waals surface area contributed by atoms with Crippen LogP contribution >= 0.6 is 0 Å². The minimum Gasteiger partial charge on any atom is -0.311 e. The fourth-order valence-electron chi connectivity index (χ4n) is 8.39. The molecule has 264 valence electrons. The van der Waals surface area contributed by atoms with Gasteiger partial charge in [0, 0.05) is 45.5 Å². The first-order valence-corrected chi connectivity index (χ1v) is 26.2. The maximum Gasteiger partial charge on any atom is 0.252 e. The molecule has 0 fully saturated rings. The Balaban J connectivity index is 1.37. The quantitative estimate of drug-likeness (QED) is 0.151. The molecule has 0 aromatic heterocycles. The molecular formula is C48H46BN3Si2. The van der Waals surface area contributed by atoms with Gasteiger partial charge >= 0.3 is 0 Å². The molecule has 0 radical (unpaired) electrons. The van der Waals surface area contributed by atoms with Crippen molar-refractivity contribution in [1.82, 2.24) is 0 Å². The summed E-state index contributed by atoms with van der Waals surface area (Å²) in [6.45, 7) is 14.6. The number of benzene rings is 7. The molecule has 2 aliphatic heterocycles. The normalized spacial score (nSPS) is 13.3. The summed E-state index contributed by atoms with van der Waals surface area (Å²) in [4.78, 5) is 7.46. The lowest BCUT2D eigenvalue weighted by atomic mass is 9.33. The second-order valence-corrected chi connectivity index (χ2v) is 26.9. The topological polar surface area (TPSA) is 9.72 Å². The summed E-state index contributed by atoms with van der Waals surface area (Å²) >= 11 is 0. The zero-order valence-electron chi connectivity index (χ0n) is 32.1. The summed E-state index contributed by atoms with van der Waals surface area (Å²) < 4.78 is 0. The molecule has 54 heavy (non-hydrogen) atoms. The number of para-hydroxylation sites is 4. The smallest absolute Gasteiger partial charge is 0.252 e. The van der Waals surface area contributed by atoms with E-state index in [2.05, 4.69) is 224 Å². The fourth-order valence-corrected chi connectivity index (χ4v) is 10.7. The molecule has 7 aromatic rings. The van der Waals surface area contributed by atoms with E-state index in [0.29, 0.717) is 0 Å². The highest BCUT2D eigenvalue weighted by atomic mass is 28.3. The van der Waals surface area contributed by atoms with Crippen molar-refractivity contribution >= 4 is 101 Å². The van der Waals surface area contributed by atoms with Crippen molar-refractivity contribution in [3.05, 3.63) is 170 Å². The van der Waals surface area contributed by atoms with Crippen molar-refractivity contribution in [1.29, 1.82) is 0 Å². The van der Waals surface area contributed by atoms with Gasteiger partial charge in [0.05, 0.1) is 21.8 Å². The van der Waals surface area contributed by atoms with Gasteiger partial charge in [0.25, 0.3) is 6.71 Å². The van der Waals surface area contributed by atoms with Crippen LogP contribution in [0.2, 0.25) is 39.3 Å². The molecule has 7 aromatic carbocycles. The van der Waals surface area contributed by atoms with Crippen LogP contribution in [0.3, 0.4) is 0 Å². The molecule has 2 aliphatic rings. The van der Waals surface area contributed by atoms with E-state index in [1.165, 1.54) is 49.5 Å². The molecule has 0 spiro atoms. The van der Waals surface area contributed by atoms with Crippen molar-refractivity contribution in [3.8, 4) is 0 Å². The van der Waals surface area contributed by atoms with Gasteiger partial charge in [0.2, 0.25) is 0 Å². The van der Waals surface area contributed by atoms with Crippen LogP contribution in [-0.4, -0.2) is 22.9 Å². The van der Waals surface area contributed by atoms with Crippen LogP contribution in [0.25, 0.3) is 0 Å². The van der Waals surface area contributed by atoms with Crippen LogP contribution in [0.4, 0.5) is 51.2 Å². The van der Waals surface area contributed by atoms with E-state index in [1.807, 2.05) is 0 Å². The number of rotatable bonds is 7. The molecule has 0 unspecified atom stereocenters. The SMILES string of the molecule is C[Si](C)(C)c1ccc(N(c2ccc([Si](C)(C)C)cc2)c2cc3c4c(c2)N(c2ccccc2)c2ccccc2B4c2ccccc2N3c2ccccc2)cc1. The fraction of sp³-hybridized carbons (Fsp3) is 0.125. The molecule has 6 heteroatoms. The summed E-state index contributed by atoms with van der Waals surface area (Å²) in [7, 11) is -3.00. The van der Waals surface area contributed by atoms with Gasteiger partial charge in [-0.3, -0.25) is 0 Å². The summed E-state index contributed by atoms with van der Waals surface area (Å²) in [5.41, 5.74) is 14.6. The molecule has 3 nitrogen and oxygen atoms in total. The Hall–Kier alpha value is -5.56. The van der Waals surface area contributed by atoms with E-state index in [1.54, 1.807) is 0 Å². The lowest BCUT2D eigenvalue weighted by Crippen LogP contribution is -2.61. The largest absolute Gasteiger partial charge is 0.311 e. The molecule has 0 amide bonds. The molecule has 0 atom stereocenters. The van der Waals surface area contributed by atoms with Gasteiger partial charge in [-0.2, -0.15) is 0 Å². The molecular weight excluding hydrogens is 686 g/mol. The van der Waals surface area contributed by atoms with Gasteiger partial charge in [-0.1, -0.05) is 147 Å². The van der Waals surface area contributed by atoms with Crippen molar-refractivity contribution < 1.29 is 0 Å². The maximum atomic E-state index is 2.49. The predicted molar refractivity (Wildman–Crippen MR) is 241 cm³/mol. The van der Waals surface area contributed by atoms with Crippen LogP contribution in [-0.2, 0) is 0 Å². The van der Waals surface area contributed by atoms with E-state index in [9.17, 15) is 0 Å². The molecule has 0 N–H and O–H groups in total. The van der Waals surface area contributed by atoms with Crippen LogP contribution in [0.5, 0.6) is 0 Å². The third-order valence-electron chi connectivity index (χ3n) is 11.1. The highest BCUT2D eigenvalue weighted by molar-refractivity contribution is 7.00. The second kappa shape index (κ2) is 13.1. The molecule has 0 saturated heterocycles. The number of hydrogen-bond acceptors (Lipinski definition) is 3. The average molecular weight is 732 g/mol. The first-order valence-electron chi connectivity index (χ1n) is 19.2. The average Bonchev–Trinajstić information content (AvgIpc) is 3.18. The van der Waals surface area contributed by atoms with E-state index >= 15 is 0 Å². The Bertz CT molecular complexity index is 2300. The second-order valence-electron chi connectivity index (χ2n) is 16.7. The Morgan fingerprint density at radius 3 is 1.15 bits per heavy atom. The lowest BCUT2D eigenvalue weighted by Gasteiger charge is -2.45. The van der Waals surface area contributed by atoms with Crippen molar-refractivity contribution in [3.63, 3.8) is 0 Å². The van der Waals surface area contributed by atoms with Crippen LogP contribution in [0, 0.1) is 0 Å². The van der Waals surface area contributed by atoms with Gasteiger partial charge in [-0.05, 0) is 89.2 Å². The molecule has 9 rings (SSSR count). The van der Waals surface area contributed by atoms with Gasteiger partial charge in [0.1, 0.15) is 0 Å². The number of hydrogen-bond donors (Lipinski definition) is 0. The predicted octanol–water partition coefficient (Wildman–Crippen LogP) is 10.3. The van der Waals surface area contributed by atoms with Gasteiger partial charge < -0.3 is 14.7 Å². The molecule has 2 heterocycles. The Labute approximate surface area is 323 Å². The lowest BCUT2D eigenvalue weighted by molar-refractivity contribution is 1.23. The van der Waals surface area contributed by atoms with Gasteiger partial charge in [-0.15, -0.1) is 0 Å². The highest BCUT2D eigenvalue weighted by Gasteiger charge is 2.43. The van der Waals surface area contributed by atoms with Gasteiger partial charge in [0.15, 0.2) is 0 Å². The third-order valence-corrected chi connectivity index (χ3v) is 15.3. The van der Waals surface area contributed by atoms with Crippen LogP contribution < -0.4 is 41.5 Å².